The fourth-order valence-electron chi connectivity index (χ4n) is 4.98. The van der Waals surface area contributed by atoms with E-state index in [4.69, 9.17) is 4.42 Å². The minimum absolute atomic E-state index is 0.669. The number of furan rings is 1. The molecule has 0 aliphatic heterocycles. The fraction of sp³-hybridized carbons (Fsp3) is 0.0333. The Hall–Kier alpha value is -4.37. The molecule has 0 amide bonds. The van der Waals surface area contributed by atoms with Gasteiger partial charge in [-0.05, 0) is 48.4 Å². The highest BCUT2D eigenvalue weighted by molar-refractivity contribution is 6.11. The average Bonchev–Trinajstić information content (AvgIpc) is 3.39. The third-order valence-electron chi connectivity index (χ3n) is 6.50. The second-order valence-corrected chi connectivity index (χ2v) is 8.60. The molecule has 0 N–H and O–H groups in total. The van der Waals surface area contributed by atoms with Crippen molar-refractivity contribution >= 4 is 43.9 Å². The quantitative estimate of drug-likeness (QED) is 0.281. The molecule has 33 heavy (non-hydrogen) atoms. The van der Waals surface area contributed by atoms with Crippen LogP contribution in [0.25, 0.3) is 60.7 Å². The number of aryl methyl sites for hydroxylation is 1. The molecule has 3 nitrogen and oxygen atoms in total. The first kappa shape index (κ1) is 18.2. The van der Waals surface area contributed by atoms with Gasteiger partial charge in [-0.1, -0.05) is 72.3 Å². The van der Waals surface area contributed by atoms with Gasteiger partial charge < -0.3 is 8.98 Å². The second kappa shape index (κ2) is 6.81. The van der Waals surface area contributed by atoms with Crippen molar-refractivity contribution in [1.82, 2.24) is 9.55 Å². The Kier molecular flexibility index (Phi) is 3.76. The van der Waals surface area contributed by atoms with E-state index in [2.05, 4.69) is 95.3 Å². The zero-order valence-electron chi connectivity index (χ0n) is 18.1. The van der Waals surface area contributed by atoms with Crippen molar-refractivity contribution in [3.05, 3.63) is 109 Å². The number of rotatable bonds is 2. The molecule has 0 saturated heterocycles. The topological polar surface area (TPSA) is 31.0 Å². The van der Waals surface area contributed by atoms with E-state index in [1.165, 1.54) is 38.5 Å². The van der Waals surface area contributed by atoms with Gasteiger partial charge in [-0.25, -0.2) is 4.98 Å². The molecule has 0 saturated carbocycles. The van der Waals surface area contributed by atoms with Gasteiger partial charge in [0.25, 0.3) is 0 Å². The molecule has 156 valence electrons. The van der Waals surface area contributed by atoms with Gasteiger partial charge >= 0.3 is 0 Å². The van der Waals surface area contributed by atoms with Gasteiger partial charge in [0, 0.05) is 16.2 Å². The summed E-state index contributed by atoms with van der Waals surface area (Å²) in [4.78, 5) is 4.68. The minimum Gasteiger partial charge on any atom is -0.438 e. The lowest BCUT2D eigenvalue weighted by molar-refractivity contribution is 0.654. The molecule has 0 aliphatic rings. The van der Waals surface area contributed by atoms with Crippen LogP contribution in [0.2, 0.25) is 0 Å². The number of nitrogens with zero attached hydrogens (tertiary/aromatic N) is 2. The highest BCUT2D eigenvalue weighted by atomic mass is 16.3. The number of para-hydroxylation sites is 2. The van der Waals surface area contributed by atoms with Crippen LogP contribution in [0.5, 0.6) is 0 Å². The maximum Gasteiger partial charge on any atom is 0.227 e. The van der Waals surface area contributed by atoms with Crippen LogP contribution in [-0.4, -0.2) is 9.55 Å². The number of benzene rings is 4. The van der Waals surface area contributed by atoms with Crippen molar-refractivity contribution in [3.8, 4) is 16.8 Å². The monoisotopic (exact) mass is 424 g/mol. The van der Waals surface area contributed by atoms with Crippen LogP contribution in [0, 0.1) is 6.92 Å². The van der Waals surface area contributed by atoms with E-state index in [9.17, 15) is 0 Å². The van der Waals surface area contributed by atoms with Crippen molar-refractivity contribution in [1.29, 1.82) is 0 Å². The van der Waals surface area contributed by atoms with Gasteiger partial charge in [-0.3, -0.25) is 0 Å². The summed E-state index contributed by atoms with van der Waals surface area (Å²) in [6, 6.07) is 34.3. The zero-order valence-corrected chi connectivity index (χ0v) is 18.1. The summed E-state index contributed by atoms with van der Waals surface area (Å²) in [5, 5.41) is 4.59. The zero-order chi connectivity index (χ0) is 21.9. The summed E-state index contributed by atoms with van der Waals surface area (Å²) in [7, 11) is 0. The van der Waals surface area contributed by atoms with Gasteiger partial charge in [0.15, 0.2) is 0 Å². The standard InChI is InChI=1S/C30H20N2O/c1-19-7-6-8-20(15-19)21-13-14-28-25(16-21)23-9-2-4-11-27(23)32(28)22-17-26-24-10-3-5-12-29(24)33-30(26)31-18-22/h2-18H,1H3. The summed E-state index contributed by atoms with van der Waals surface area (Å²) in [5.74, 6) is 0. The third-order valence-corrected chi connectivity index (χ3v) is 6.50. The van der Waals surface area contributed by atoms with Gasteiger partial charge in [0.2, 0.25) is 5.71 Å². The predicted octanol–water partition coefficient (Wildman–Crippen LogP) is 8.05. The van der Waals surface area contributed by atoms with Crippen molar-refractivity contribution in [2.24, 2.45) is 0 Å². The van der Waals surface area contributed by atoms with Crippen LogP contribution in [-0.2, 0) is 0 Å². The molecule has 0 spiro atoms. The van der Waals surface area contributed by atoms with Gasteiger partial charge in [-0.15, -0.1) is 0 Å². The van der Waals surface area contributed by atoms with Gasteiger partial charge in [0.1, 0.15) is 5.58 Å². The van der Waals surface area contributed by atoms with E-state index in [0.717, 1.165) is 22.0 Å². The Labute approximate surface area is 190 Å². The summed E-state index contributed by atoms with van der Waals surface area (Å²) in [6.07, 6.45) is 1.91. The first-order chi connectivity index (χ1) is 16.3. The SMILES string of the molecule is Cc1cccc(-c2ccc3c(c2)c2ccccc2n3-c2cnc3oc4ccccc4c3c2)c1. The Bertz CT molecular complexity index is 1840. The fourth-order valence-corrected chi connectivity index (χ4v) is 4.98. The molecule has 0 bridgehead atoms. The first-order valence-electron chi connectivity index (χ1n) is 11.1. The summed E-state index contributed by atoms with van der Waals surface area (Å²) in [6.45, 7) is 2.14. The summed E-state index contributed by atoms with van der Waals surface area (Å²) in [5.41, 5.74) is 8.63. The molecule has 0 radical (unpaired) electrons. The smallest absolute Gasteiger partial charge is 0.227 e. The van der Waals surface area contributed by atoms with Crippen molar-refractivity contribution < 1.29 is 4.42 Å². The Morgan fingerprint density at radius 3 is 2.33 bits per heavy atom. The maximum atomic E-state index is 5.95. The lowest BCUT2D eigenvalue weighted by Crippen LogP contribution is -1.94. The van der Waals surface area contributed by atoms with E-state index in [-0.39, 0.29) is 0 Å². The number of hydrogen-bond donors (Lipinski definition) is 0. The summed E-state index contributed by atoms with van der Waals surface area (Å²) < 4.78 is 8.26. The maximum absolute atomic E-state index is 5.95. The van der Waals surface area contributed by atoms with E-state index < -0.39 is 0 Å². The molecule has 0 atom stereocenters. The molecule has 0 aliphatic carbocycles. The van der Waals surface area contributed by atoms with E-state index in [1.54, 1.807) is 0 Å². The number of fused-ring (bicyclic) bond motifs is 6. The van der Waals surface area contributed by atoms with E-state index in [1.807, 2.05) is 24.4 Å². The van der Waals surface area contributed by atoms with E-state index in [0.29, 0.717) is 5.71 Å². The Morgan fingerprint density at radius 2 is 1.42 bits per heavy atom. The lowest BCUT2D eigenvalue weighted by atomic mass is 10.0. The number of hydrogen-bond acceptors (Lipinski definition) is 2. The molecular weight excluding hydrogens is 404 g/mol. The van der Waals surface area contributed by atoms with Crippen molar-refractivity contribution in [2.45, 2.75) is 6.92 Å². The molecule has 3 heterocycles. The van der Waals surface area contributed by atoms with Crippen LogP contribution >= 0.6 is 0 Å². The van der Waals surface area contributed by atoms with Gasteiger partial charge in [0.05, 0.1) is 28.3 Å². The third kappa shape index (κ3) is 2.72. The lowest BCUT2D eigenvalue weighted by Gasteiger charge is -2.08. The van der Waals surface area contributed by atoms with Crippen molar-refractivity contribution in [2.75, 3.05) is 0 Å². The Morgan fingerprint density at radius 1 is 0.636 bits per heavy atom. The average molecular weight is 425 g/mol. The van der Waals surface area contributed by atoms with Gasteiger partial charge in [-0.2, -0.15) is 0 Å². The highest BCUT2D eigenvalue weighted by Gasteiger charge is 2.15. The van der Waals surface area contributed by atoms with Crippen LogP contribution in [0.15, 0.2) is 108 Å². The Balaban J connectivity index is 1.52. The molecule has 0 unspecified atom stereocenters. The number of aromatic nitrogens is 2. The first-order valence-corrected chi connectivity index (χ1v) is 11.1. The molecule has 7 rings (SSSR count). The molecule has 3 heteroatoms. The summed E-state index contributed by atoms with van der Waals surface area (Å²) >= 11 is 0. The molecule has 0 fully saturated rings. The molecule has 4 aromatic carbocycles. The molecule has 3 aromatic heterocycles. The van der Waals surface area contributed by atoms with Crippen molar-refractivity contribution in [3.63, 3.8) is 0 Å². The molecular formula is C30H20N2O. The minimum atomic E-state index is 0.669. The van der Waals surface area contributed by atoms with Crippen LogP contribution in [0.3, 0.4) is 0 Å². The predicted molar refractivity (Wildman–Crippen MR) is 136 cm³/mol. The second-order valence-electron chi connectivity index (χ2n) is 8.60. The van der Waals surface area contributed by atoms with E-state index >= 15 is 0 Å². The normalized spacial score (nSPS) is 11.8. The highest BCUT2D eigenvalue weighted by Crippen LogP contribution is 2.36. The largest absolute Gasteiger partial charge is 0.438 e. The van der Waals surface area contributed by atoms with Crippen LogP contribution < -0.4 is 0 Å². The molecule has 7 aromatic rings. The number of pyridine rings is 1. The van der Waals surface area contributed by atoms with Crippen LogP contribution in [0.1, 0.15) is 5.56 Å². The van der Waals surface area contributed by atoms with Crippen LogP contribution in [0.4, 0.5) is 0 Å².